The second-order valence-corrected chi connectivity index (χ2v) is 3.70. The lowest BCUT2D eigenvalue weighted by Crippen LogP contribution is -2.22. The van der Waals surface area contributed by atoms with Crippen molar-refractivity contribution in [1.29, 1.82) is 0 Å². The maximum absolute atomic E-state index is 5.76. The number of nitrogens with two attached hydrogens (primary N) is 1. The molecule has 84 valence electrons. The molecule has 2 rings (SSSR count). The van der Waals surface area contributed by atoms with E-state index in [0.717, 1.165) is 0 Å². The molecule has 0 spiro atoms. The fourth-order valence-corrected chi connectivity index (χ4v) is 1.17. The lowest BCUT2D eigenvalue weighted by atomic mass is 10.1. The molecule has 2 N–H and O–H groups in total. The van der Waals surface area contributed by atoms with Gasteiger partial charge in [-0.15, -0.1) is 0 Å². The van der Waals surface area contributed by atoms with Crippen LogP contribution in [0.25, 0.3) is 11.5 Å². The van der Waals surface area contributed by atoms with Crippen molar-refractivity contribution in [2.45, 2.75) is 25.8 Å². The van der Waals surface area contributed by atoms with Crippen LogP contribution in [0.5, 0.6) is 0 Å². The van der Waals surface area contributed by atoms with Gasteiger partial charge in [0.15, 0.2) is 0 Å². The fraction of sp³-hybridized carbons (Fsp3) is 0.400. The molecule has 0 saturated carbocycles. The number of hydrogen-bond acceptors (Lipinski definition) is 6. The van der Waals surface area contributed by atoms with Crippen molar-refractivity contribution in [3.05, 3.63) is 24.5 Å². The zero-order valence-electron chi connectivity index (χ0n) is 9.16. The number of rotatable bonds is 3. The van der Waals surface area contributed by atoms with Crippen molar-refractivity contribution in [3.63, 3.8) is 0 Å². The van der Waals surface area contributed by atoms with Crippen molar-refractivity contribution < 1.29 is 4.52 Å². The Morgan fingerprint density at radius 3 is 2.81 bits per heavy atom. The first-order valence-corrected chi connectivity index (χ1v) is 5.04. The van der Waals surface area contributed by atoms with Crippen molar-refractivity contribution in [2.24, 2.45) is 5.73 Å². The van der Waals surface area contributed by atoms with E-state index in [1.54, 1.807) is 12.3 Å². The van der Waals surface area contributed by atoms with Crippen LogP contribution >= 0.6 is 0 Å². The summed E-state index contributed by atoms with van der Waals surface area (Å²) in [4.78, 5) is 12.1. The Morgan fingerprint density at radius 1 is 1.38 bits per heavy atom. The Labute approximate surface area is 92.9 Å². The van der Waals surface area contributed by atoms with E-state index >= 15 is 0 Å². The van der Waals surface area contributed by atoms with E-state index in [4.69, 9.17) is 10.3 Å². The van der Waals surface area contributed by atoms with Crippen LogP contribution in [0.15, 0.2) is 23.1 Å². The molecule has 0 bridgehead atoms. The maximum Gasteiger partial charge on any atom is 0.231 e. The molecule has 2 aromatic rings. The lowest BCUT2D eigenvalue weighted by molar-refractivity contribution is 0.346. The summed E-state index contributed by atoms with van der Waals surface area (Å²) in [6, 6.07) is 1.70. The van der Waals surface area contributed by atoms with Crippen LogP contribution in [0.3, 0.4) is 0 Å². The molecule has 2 heterocycles. The summed E-state index contributed by atoms with van der Waals surface area (Å²) in [6.45, 7) is 3.85. The monoisotopic (exact) mass is 219 g/mol. The Balaban J connectivity index is 2.27. The molecule has 0 amide bonds. The topological polar surface area (TPSA) is 90.7 Å². The highest BCUT2D eigenvalue weighted by Crippen LogP contribution is 2.19. The van der Waals surface area contributed by atoms with Gasteiger partial charge in [0.1, 0.15) is 12.0 Å². The van der Waals surface area contributed by atoms with Crippen LogP contribution in [-0.2, 0) is 0 Å². The molecule has 0 aliphatic rings. The van der Waals surface area contributed by atoms with Crippen molar-refractivity contribution in [1.82, 2.24) is 20.1 Å². The summed E-state index contributed by atoms with van der Waals surface area (Å²) in [5, 5.41) is 3.86. The van der Waals surface area contributed by atoms with Gasteiger partial charge in [-0.1, -0.05) is 12.1 Å². The number of nitrogens with zero attached hydrogens (tertiary/aromatic N) is 4. The molecule has 16 heavy (non-hydrogen) atoms. The summed E-state index contributed by atoms with van der Waals surface area (Å²) in [7, 11) is 0. The summed E-state index contributed by atoms with van der Waals surface area (Å²) < 4.78 is 5.14. The molecule has 6 heteroatoms. The highest BCUT2D eigenvalue weighted by Gasteiger charge is 2.18. The molecule has 0 aliphatic heterocycles. The number of aromatic nitrogens is 4. The standard InChI is InChI=1S/C10H13N5O/c1-6(7(2)11)10-14-9(15-16-10)8-3-4-12-5-13-8/h3-7H,11H2,1-2H3. The van der Waals surface area contributed by atoms with Crippen LogP contribution in [-0.4, -0.2) is 26.2 Å². The molecule has 0 fully saturated rings. The summed E-state index contributed by atoms with van der Waals surface area (Å²) in [5.41, 5.74) is 6.40. The van der Waals surface area contributed by atoms with E-state index < -0.39 is 0 Å². The van der Waals surface area contributed by atoms with Gasteiger partial charge in [0.05, 0.1) is 5.92 Å². The van der Waals surface area contributed by atoms with E-state index in [-0.39, 0.29) is 12.0 Å². The maximum atomic E-state index is 5.76. The fourth-order valence-electron chi connectivity index (χ4n) is 1.17. The molecular weight excluding hydrogens is 206 g/mol. The average molecular weight is 219 g/mol. The van der Waals surface area contributed by atoms with Crippen LogP contribution in [0.2, 0.25) is 0 Å². The third kappa shape index (κ3) is 2.06. The second kappa shape index (κ2) is 4.36. The Bertz CT molecular complexity index is 453. The first-order valence-electron chi connectivity index (χ1n) is 5.04. The van der Waals surface area contributed by atoms with Crippen LogP contribution in [0.1, 0.15) is 25.7 Å². The molecule has 0 aromatic carbocycles. The molecule has 2 unspecified atom stereocenters. The minimum Gasteiger partial charge on any atom is -0.339 e. The van der Waals surface area contributed by atoms with Gasteiger partial charge in [-0.25, -0.2) is 9.97 Å². The quantitative estimate of drug-likeness (QED) is 0.827. The highest BCUT2D eigenvalue weighted by atomic mass is 16.5. The minimum absolute atomic E-state index is 0.0290. The predicted molar refractivity (Wildman–Crippen MR) is 57.4 cm³/mol. The second-order valence-electron chi connectivity index (χ2n) is 3.70. The van der Waals surface area contributed by atoms with Gasteiger partial charge in [0, 0.05) is 12.2 Å². The van der Waals surface area contributed by atoms with Crippen LogP contribution < -0.4 is 5.73 Å². The number of hydrogen-bond donors (Lipinski definition) is 1. The van der Waals surface area contributed by atoms with E-state index in [0.29, 0.717) is 17.4 Å². The van der Waals surface area contributed by atoms with E-state index in [2.05, 4.69) is 20.1 Å². The van der Waals surface area contributed by atoms with Gasteiger partial charge in [-0.05, 0) is 13.0 Å². The Kier molecular flexibility index (Phi) is 2.91. The summed E-state index contributed by atoms with van der Waals surface area (Å²) >= 11 is 0. The smallest absolute Gasteiger partial charge is 0.231 e. The van der Waals surface area contributed by atoms with Crippen molar-refractivity contribution in [2.75, 3.05) is 0 Å². The third-order valence-electron chi connectivity index (χ3n) is 2.43. The van der Waals surface area contributed by atoms with Crippen molar-refractivity contribution >= 4 is 0 Å². The molecule has 0 saturated heterocycles. The molecule has 2 aromatic heterocycles. The molecular formula is C10H13N5O. The first kappa shape index (κ1) is 10.7. The zero-order valence-corrected chi connectivity index (χ0v) is 9.16. The first-order chi connectivity index (χ1) is 7.68. The largest absolute Gasteiger partial charge is 0.339 e. The molecule has 0 aliphatic carbocycles. The van der Waals surface area contributed by atoms with Crippen molar-refractivity contribution in [3.8, 4) is 11.5 Å². The van der Waals surface area contributed by atoms with Gasteiger partial charge < -0.3 is 10.3 Å². The van der Waals surface area contributed by atoms with E-state index in [9.17, 15) is 0 Å². The summed E-state index contributed by atoms with van der Waals surface area (Å²) in [6.07, 6.45) is 3.08. The third-order valence-corrected chi connectivity index (χ3v) is 2.43. The van der Waals surface area contributed by atoms with Gasteiger partial charge in [0.2, 0.25) is 11.7 Å². The summed E-state index contributed by atoms with van der Waals surface area (Å²) in [5.74, 6) is 1.02. The average Bonchev–Trinajstić information content (AvgIpc) is 2.78. The molecule has 0 radical (unpaired) electrons. The van der Waals surface area contributed by atoms with Gasteiger partial charge in [-0.2, -0.15) is 4.98 Å². The van der Waals surface area contributed by atoms with Crippen LogP contribution in [0, 0.1) is 0 Å². The normalized spacial score (nSPS) is 14.7. The van der Waals surface area contributed by atoms with E-state index in [1.807, 2.05) is 13.8 Å². The van der Waals surface area contributed by atoms with E-state index in [1.165, 1.54) is 6.33 Å². The molecule has 6 nitrogen and oxygen atoms in total. The highest BCUT2D eigenvalue weighted by molar-refractivity contribution is 5.46. The SMILES string of the molecule is CC(N)C(C)c1nc(-c2ccncn2)no1. The Hall–Kier alpha value is -1.82. The lowest BCUT2D eigenvalue weighted by Gasteiger charge is -2.09. The van der Waals surface area contributed by atoms with Gasteiger partial charge >= 0.3 is 0 Å². The van der Waals surface area contributed by atoms with Gasteiger partial charge in [-0.3, -0.25) is 0 Å². The molecule has 2 atom stereocenters. The van der Waals surface area contributed by atoms with Gasteiger partial charge in [0.25, 0.3) is 0 Å². The predicted octanol–water partition coefficient (Wildman–Crippen LogP) is 0.977. The Morgan fingerprint density at radius 2 is 2.19 bits per heavy atom. The van der Waals surface area contributed by atoms with Crippen LogP contribution in [0.4, 0.5) is 0 Å². The zero-order chi connectivity index (χ0) is 11.5. The minimum atomic E-state index is -0.0290.